The molecule has 0 bridgehead atoms. The number of rotatable bonds is 3. The molecule has 0 saturated heterocycles. The molecule has 1 N–H and O–H groups in total. The highest BCUT2D eigenvalue weighted by atomic mass is 32.1. The first-order valence-corrected chi connectivity index (χ1v) is 9.95. The number of thiophene rings is 1. The van der Waals surface area contributed by atoms with Crippen molar-refractivity contribution >= 4 is 22.3 Å². The lowest BCUT2D eigenvalue weighted by molar-refractivity contribution is 0.239. The summed E-state index contributed by atoms with van der Waals surface area (Å²) in [6.07, 6.45) is 2.21. The number of fused-ring (bicyclic) bond motifs is 2. The van der Waals surface area contributed by atoms with Crippen LogP contribution >= 0.6 is 11.3 Å². The van der Waals surface area contributed by atoms with Crippen LogP contribution in [0.1, 0.15) is 16.8 Å². The molecule has 1 aliphatic heterocycles. The first kappa shape index (κ1) is 17.1. The third-order valence-corrected chi connectivity index (χ3v) is 5.92. The van der Waals surface area contributed by atoms with Crippen LogP contribution in [0.4, 0.5) is 0 Å². The molecule has 7 heteroatoms. The van der Waals surface area contributed by atoms with Crippen LogP contribution in [0.25, 0.3) is 21.7 Å². The smallest absolute Gasteiger partial charge is 0.255 e. The van der Waals surface area contributed by atoms with Crippen LogP contribution in [0.3, 0.4) is 0 Å². The molecular formula is C21H17N3O3S. The van der Waals surface area contributed by atoms with Gasteiger partial charge in [-0.2, -0.15) is 0 Å². The molecule has 0 saturated carbocycles. The van der Waals surface area contributed by atoms with Gasteiger partial charge in [-0.15, -0.1) is 11.3 Å². The average molecular weight is 391 g/mol. The van der Waals surface area contributed by atoms with Crippen LogP contribution in [0, 0.1) is 0 Å². The third-order valence-electron chi connectivity index (χ3n) is 5.05. The van der Waals surface area contributed by atoms with E-state index >= 15 is 0 Å². The molecular weight excluding hydrogens is 374 g/mol. The second-order valence-corrected chi connectivity index (χ2v) is 7.81. The van der Waals surface area contributed by atoms with Gasteiger partial charge in [-0.3, -0.25) is 14.5 Å². The van der Waals surface area contributed by atoms with Gasteiger partial charge in [-0.1, -0.05) is 18.2 Å². The number of nitrogens with zero attached hydrogens (tertiary/aromatic N) is 2. The zero-order valence-corrected chi connectivity index (χ0v) is 15.8. The maximum atomic E-state index is 12.7. The minimum atomic E-state index is -0.108. The van der Waals surface area contributed by atoms with E-state index < -0.39 is 0 Å². The van der Waals surface area contributed by atoms with E-state index in [1.165, 1.54) is 6.26 Å². The number of benzene rings is 1. The highest BCUT2D eigenvalue weighted by Crippen LogP contribution is 2.23. The molecule has 0 atom stereocenters. The molecule has 0 unspecified atom stereocenters. The predicted octanol–water partition coefficient (Wildman–Crippen LogP) is 3.16. The first-order chi connectivity index (χ1) is 13.7. The normalized spacial score (nSPS) is 14.3. The Kier molecular flexibility index (Phi) is 4.18. The molecule has 4 aromatic rings. The molecule has 140 valence electrons. The van der Waals surface area contributed by atoms with Gasteiger partial charge in [0.15, 0.2) is 11.3 Å². The van der Waals surface area contributed by atoms with Crippen LogP contribution < -0.4 is 11.0 Å². The van der Waals surface area contributed by atoms with Crippen LogP contribution in [-0.4, -0.2) is 21.4 Å². The maximum Gasteiger partial charge on any atom is 0.255 e. The van der Waals surface area contributed by atoms with Crippen molar-refractivity contribution in [2.45, 2.75) is 19.5 Å². The highest BCUT2D eigenvalue weighted by molar-refractivity contribution is 7.13. The summed E-state index contributed by atoms with van der Waals surface area (Å²) in [5, 5.41) is 2.54. The van der Waals surface area contributed by atoms with Gasteiger partial charge >= 0.3 is 0 Å². The van der Waals surface area contributed by atoms with Crippen LogP contribution in [0.5, 0.6) is 0 Å². The molecule has 1 aliphatic rings. The SMILES string of the molecule is O=c1[nH]c(-c2cccs2)nc2c1CN(Cc1coc3ccccc3c1=O)CC2. The van der Waals surface area contributed by atoms with Gasteiger partial charge in [-0.25, -0.2) is 4.98 Å². The summed E-state index contributed by atoms with van der Waals surface area (Å²) in [6, 6.07) is 11.1. The zero-order chi connectivity index (χ0) is 19.1. The van der Waals surface area contributed by atoms with E-state index in [4.69, 9.17) is 4.42 Å². The maximum absolute atomic E-state index is 12.7. The summed E-state index contributed by atoms with van der Waals surface area (Å²) in [6.45, 7) is 1.65. The lowest BCUT2D eigenvalue weighted by Gasteiger charge is -2.27. The van der Waals surface area contributed by atoms with Crippen molar-refractivity contribution in [1.29, 1.82) is 0 Å². The minimum absolute atomic E-state index is 0.0206. The Balaban J connectivity index is 1.43. The average Bonchev–Trinajstić information content (AvgIpc) is 3.25. The van der Waals surface area contributed by atoms with E-state index in [1.54, 1.807) is 23.5 Å². The van der Waals surface area contributed by atoms with E-state index in [-0.39, 0.29) is 11.0 Å². The summed E-state index contributed by atoms with van der Waals surface area (Å²) in [5.74, 6) is 0.627. The van der Waals surface area contributed by atoms with Gasteiger partial charge in [-0.05, 0) is 23.6 Å². The second-order valence-electron chi connectivity index (χ2n) is 6.86. The summed E-state index contributed by atoms with van der Waals surface area (Å²) >= 11 is 1.55. The van der Waals surface area contributed by atoms with Crippen molar-refractivity contribution < 1.29 is 4.42 Å². The number of aromatic amines is 1. The van der Waals surface area contributed by atoms with E-state index in [1.807, 2.05) is 29.6 Å². The largest absolute Gasteiger partial charge is 0.464 e. The molecule has 0 aliphatic carbocycles. The molecule has 1 aromatic carbocycles. The second kappa shape index (κ2) is 6.85. The fourth-order valence-corrected chi connectivity index (χ4v) is 4.28. The van der Waals surface area contributed by atoms with Gasteiger partial charge in [0.1, 0.15) is 5.58 Å². The monoisotopic (exact) mass is 391 g/mol. The van der Waals surface area contributed by atoms with Gasteiger partial charge in [0, 0.05) is 31.6 Å². The molecule has 3 aromatic heterocycles. The topological polar surface area (TPSA) is 79.2 Å². The molecule has 6 nitrogen and oxygen atoms in total. The number of hydrogen-bond donors (Lipinski definition) is 1. The first-order valence-electron chi connectivity index (χ1n) is 9.07. The third kappa shape index (κ3) is 2.98. The molecule has 0 spiro atoms. The lowest BCUT2D eigenvalue weighted by Crippen LogP contribution is -2.36. The van der Waals surface area contributed by atoms with Crippen molar-refractivity contribution in [3.8, 4) is 10.7 Å². The number of nitrogens with one attached hydrogen (secondary N) is 1. The molecule has 28 heavy (non-hydrogen) atoms. The summed E-state index contributed by atoms with van der Waals surface area (Å²) < 4.78 is 5.61. The summed E-state index contributed by atoms with van der Waals surface area (Å²) in [4.78, 5) is 35.9. The minimum Gasteiger partial charge on any atom is -0.464 e. The lowest BCUT2D eigenvalue weighted by atomic mass is 10.1. The Labute approximate surface area is 164 Å². The van der Waals surface area contributed by atoms with Crippen LogP contribution in [0.2, 0.25) is 0 Å². The van der Waals surface area contributed by atoms with Crippen molar-refractivity contribution in [1.82, 2.24) is 14.9 Å². The van der Waals surface area contributed by atoms with Crippen LogP contribution in [-0.2, 0) is 19.5 Å². The predicted molar refractivity (Wildman–Crippen MR) is 108 cm³/mol. The fourth-order valence-electron chi connectivity index (χ4n) is 3.61. The number of para-hydroxylation sites is 1. The Bertz CT molecular complexity index is 1270. The van der Waals surface area contributed by atoms with E-state index in [0.29, 0.717) is 47.4 Å². The Morgan fingerprint density at radius 1 is 1.18 bits per heavy atom. The highest BCUT2D eigenvalue weighted by Gasteiger charge is 2.22. The van der Waals surface area contributed by atoms with Crippen molar-refractivity contribution in [2.75, 3.05) is 6.54 Å². The quantitative estimate of drug-likeness (QED) is 0.580. The van der Waals surface area contributed by atoms with Crippen molar-refractivity contribution in [3.05, 3.63) is 85.4 Å². The Hall–Kier alpha value is -3.03. The molecule has 5 rings (SSSR count). The van der Waals surface area contributed by atoms with Crippen LogP contribution in [0.15, 0.2) is 62.0 Å². The fraction of sp³-hybridized carbons (Fsp3) is 0.190. The molecule has 0 fully saturated rings. The Morgan fingerprint density at radius 2 is 2.07 bits per heavy atom. The number of hydrogen-bond acceptors (Lipinski definition) is 6. The van der Waals surface area contributed by atoms with E-state index in [2.05, 4.69) is 14.9 Å². The molecule has 0 radical (unpaired) electrons. The van der Waals surface area contributed by atoms with Gasteiger partial charge in [0.25, 0.3) is 5.56 Å². The Morgan fingerprint density at radius 3 is 2.93 bits per heavy atom. The molecule has 4 heterocycles. The van der Waals surface area contributed by atoms with Gasteiger partial charge in [0.2, 0.25) is 0 Å². The van der Waals surface area contributed by atoms with Gasteiger partial charge < -0.3 is 9.40 Å². The summed E-state index contributed by atoms with van der Waals surface area (Å²) in [7, 11) is 0. The van der Waals surface area contributed by atoms with Gasteiger partial charge in [0.05, 0.1) is 27.8 Å². The standard InChI is InChI=1S/C21H17N3O3S/c25-19-13(12-27-17-5-2-1-4-14(17)19)10-24-8-7-16-15(11-24)21(26)23-20(22-16)18-6-3-9-28-18/h1-6,9,12H,7-8,10-11H2,(H,22,23,26). The zero-order valence-electron chi connectivity index (χ0n) is 15.0. The van der Waals surface area contributed by atoms with E-state index in [0.717, 1.165) is 17.1 Å². The summed E-state index contributed by atoms with van der Waals surface area (Å²) in [5.41, 5.74) is 2.57. The molecule has 0 amide bonds. The van der Waals surface area contributed by atoms with E-state index in [9.17, 15) is 9.59 Å². The number of H-pyrrole nitrogens is 1. The number of aromatic nitrogens is 2. The van der Waals surface area contributed by atoms with Crippen molar-refractivity contribution in [2.24, 2.45) is 0 Å². The van der Waals surface area contributed by atoms with Crippen molar-refractivity contribution in [3.63, 3.8) is 0 Å².